The zero-order valence-electron chi connectivity index (χ0n) is 13.4. The second-order valence-electron chi connectivity index (χ2n) is 6.40. The molecule has 1 rings (SSSR count). The van der Waals surface area contributed by atoms with E-state index < -0.39 is 0 Å². The molecule has 4 atom stereocenters. The summed E-state index contributed by atoms with van der Waals surface area (Å²) in [7, 11) is 4.41. The molecule has 0 saturated carbocycles. The van der Waals surface area contributed by atoms with Crippen molar-refractivity contribution in [3.63, 3.8) is 0 Å². The minimum Gasteiger partial charge on any atom is -0.402 e. The van der Waals surface area contributed by atoms with E-state index in [1.807, 2.05) is 0 Å². The largest absolute Gasteiger partial charge is 0.402 e. The van der Waals surface area contributed by atoms with E-state index in [4.69, 9.17) is 5.73 Å². The Hall–Kier alpha value is -0.760. The van der Waals surface area contributed by atoms with Crippen LogP contribution in [0.4, 0.5) is 0 Å². The molecule has 0 spiro atoms. The molecule has 19 heavy (non-hydrogen) atoms. The Balaban J connectivity index is 2.98. The Morgan fingerprint density at radius 3 is 2.53 bits per heavy atom. The second kappa shape index (κ2) is 7.14. The topological polar surface area (TPSA) is 29.3 Å². The maximum absolute atomic E-state index is 6.25. The predicted molar refractivity (Wildman–Crippen MR) is 84.8 cm³/mol. The summed E-state index contributed by atoms with van der Waals surface area (Å²) in [4.78, 5) is 2.40. The Morgan fingerprint density at radius 1 is 1.42 bits per heavy atom. The van der Waals surface area contributed by atoms with Gasteiger partial charge in [0.1, 0.15) is 0 Å². The van der Waals surface area contributed by atoms with E-state index in [-0.39, 0.29) is 0 Å². The first-order chi connectivity index (χ1) is 8.90. The average Bonchev–Trinajstić information content (AvgIpc) is 2.46. The molecule has 0 saturated heterocycles. The van der Waals surface area contributed by atoms with E-state index in [0.29, 0.717) is 23.8 Å². The van der Waals surface area contributed by atoms with Gasteiger partial charge in [0.2, 0.25) is 0 Å². The highest BCUT2D eigenvalue weighted by molar-refractivity contribution is 5.12. The number of rotatable bonds is 5. The Bertz CT molecular complexity index is 330. The van der Waals surface area contributed by atoms with Crippen molar-refractivity contribution < 1.29 is 0 Å². The number of hydrogen-bond donors (Lipinski definition) is 1. The standard InChI is InChI=1S/C17H32N2/c1-7-12(3)9-15-11-16(18)10-14(8-2)17(13(15)4)19(5)6/h11,13-15,17H,3,7-10,18H2,1-2,4-6H3/t13?,14?,15-,17?/m0/s1. The van der Waals surface area contributed by atoms with Crippen LogP contribution in [0.1, 0.15) is 46.5 Å². The molecule has 0 aromatic carbocycles. The van der Waals surface area contributed by atoms with Crippen LogP contribution < -0.4 is 5.73 Å². The Labute approximate surface area is 119 Å². The van der Waals surface area contributed by atoms with Crippen LogP contribution in [0.3, 0.4) is 0 Å². The van der Waals surface area contributed by atoms with Crippen LogP contribution in [0.25, 0.3) is 0 Å². The lowest BCUT2D eigenvalue weighted by Crippen LogP contribution is -2.42. The van der Waals surface area contributed by atoms with Crippen molar-refractivity contribution in [2.75, 3.05) is 14.1 Å². The molecule has 2 N–H and O–H groups in total. The lowest BCUT2D eigenvalue weighted by atomic mass is 9.78. The highest BCUT2D eigenvalue weighted by Crippen LogP contribution is 2.37. The molecule has 0 radical (unpaired) electrons. The molecule has 0 bridgehead atoms. The van der Waals surface area contributed by atoms with Crippen molar-refractivity contribution in [2.45, 2.75) is 52.5 Å². The van der Waals surface area contributed by atoms with Gasteiger partial charge in [-0.1, -0.05) is 45.4 Å². The van der Waals surface area contributed by atoms with E-state index in [1.165, 1.54) is 12.0 Å². The summed E-state index contributed by atoms with van der Waals surface area (Å²) in [5.74, 6) is 1.84. The van der Waals surface area contributed by atoms with Crippen molar-refractivity contribution in [1.82, 2.24) is 4.90 Å². The highest BCUT2D eigenvalue weighted by Gasteiger charge is 2.34. The maximum atomic E-state index is 6.25. The molecule has 0 fully saturated rings. The molecule has 0 amide bonds. The molecule has 1 aliphatic carbocycles. The monoisotopic (exact) mass is 264 g/mol. The summed E-state index contributed by atoms with van der Waals surface area (Å²) in [5, 5.41) is 0. The zero-order chi connectivity index (χ0) is 14.6. The molecular weight excluding hydrogens is 232 g/mol. The van der Waals surface area contributed by atoms with Crippen molar-refractivity contribution in [2.24, 2.45) is 23.5 Å². The summed E-state index contributed by atoms with van der Waals surface area (Å²) in [6.45, 7) is 11.0. The van der Waals surface area contributed by atoms with Crippen LogP contribution in [0.15, 0.2) is 23.9 Å². The highest BCUT2D eigenvalue weighted by atomic mass is 15.1. The van der Waals surface area contributed by atoms with Crippen molar-refractivity contribution in [3.8, 4) is 0 Å². The van der Waals surface area contributed by atoms with E-state index in [0.717, 1.165) is 25.0 Å². The third-order valence-electron chi connectivity index (χ3n) is 4.77. The van der Waals surface area contributed by atoms with Gasteiger partial charge in [0.25, 0.3) is 0 Å². The second-order valence-corrected chi connectivity index (χ2v) is 6.40. The summed E-state index contributed by atoms with van der Waals surface area (Å²) < 4.78 is 0. The first kappa shape index (κ1) is 16.3. The predicted octanol–water partition coefficient (Wildman–Crippen LogP) is 3.80. The number of hydrogen-bond acceptors (Lipinski definition) is 2. The minimum atomic E-state index is 0.538. The average molecular weight is 264 g/mol. The fourth-order valence-corrected chi connectivity index (χ4v) is 3.60. The molecule has 1 aliphatic rings. The summed E-state index contributed by atoms with van der Waals surface area (Å²) in [5.41, 5.74) is 8.67. The fourth-order valence-electron chi connectivity index (χ4n) is 3.60. The van der Waals surface area contributed by atoms with Crippen molar-refractivity contribution >= 4 is 0 Å². The summed E-state index contributed by atoms with van der Waals surface area (Å²) in [6.07, 6.45) is 6.71. The number of nitrogens with zero attached hydrogens (tertiary/aromatic N) is 1. The first-order valence-electron chi connectivity index (χ1n) is 7.69. The van der Waals surface area contributed by atoms with Crippen molar-refractivity contribution in [3.05, 3.63) is 23.9 Å². The van der Waals surface area contributed by atoms with Gasteiger partial charge >= 0.3 is 0 Å². The van der Waals surface area contributed by atoms with E-state index >= 15 is 0 Å². The Morgan fingerprint density at radius 2 is 2.05 bits per heavy atom. The molecule has 0 aromatic rings. The quantitative estimate of drug-likeness (QED) is 0.765. The van der Waals surface area contributed by atoms with Crippen LogP contribution >= 0.6 is 0 Å². The van der Waals surface area contributed by atoms with Crippen LogP contribution in [0.5, 0.6) is 0 Å². The van der Waals surface area contributed by atoms with E-state index in [2.05, 4.69) is 52.4 Å². The lowest BCUT2D eigenvalue weighted by molar-refractivity contribution is 0.126. The van der Waals surface area contributed by atoms with Gasteiger partial charge in [-0.05, 0) is 51.1 Å². The minimum absolute atomic E-state index is 0.538. The van der Waals surface area contributed by atoms with Gasteiger partial charge < -0.3 is 10.6 Å². The third kappa shape index (κ3) is 4.10. The molecule has 2 nitrogen and oxygen atoms in total. The van der Waals surface area contributed by atoms with Gasteiger partial charge in [0, 0.05) is 11.7 Å². The van der Waals surface area contributed by atoms with Crippen LogP contribution in [0, 0.1) is 17.8 Å². The van der Waals surface area contributed by atoms with Gasteiger partial charge in [-0.2, -0.15) is 0 Å². The number of allylic oxidation sites excluding steroid dienone is 3. The van der Waals surface area contributed by atoms with Gasteiger partial charge in [-0.25, -0.2) is 0 Å². The molecule has 0 aromatic heterocycles. The smallest absolute Gasteiger partial charge is 0.0152 e. The van der Waals surface area contributed by atoms with Crippen LogP contribution in [0.2, 0.25) is 0 Å². The molecule has 2 heteroatoms. The lowest BCUT2D eigenvalue weighted by Gasteiger charge is -2.37. The van der Waals surface area contributed by atoms with Gasteiger partial charge in [-0.15, -0.1) is 0 Å². The van der Waals surface area contributed by atoms with Gasteiger partial charge in [-0.3, -0.25) is 0 Å². The Kier molecular flexibility index (Phi) is 6.12. The molecule has 0 heterocycles. The first-order valence-corrected chi connectivity index (χ1v) is 7.69. The summed E-state index contributed by atoms with van der Waals surface area (Å²) >= 11 is 0. The fraction of sp³-hybridized carbons (Fsp3) is 0.765. The zero-order valence-corrected chi connectivity index (χ0v) is 13.4. The number of nitrogens with two attached hydrogens (primary N) is 1. The molecule has 3 unspecified atom stereocenters. The van der Waals surface area contributed by atoms with E-state index in [9.17, 15) is 0 Å². The normalized spacial score (nSPS) is 32.0. The van der Waals surface area contributed by atoms with Gasteiger partial charge in [0.05, 0.1) is 0 Å². The van der Waals surface area contributed by atoms with Gasteiger partial charge in [0.15, 0.2) is 0 Å². The third-order valence-corrected chi connectivity index (χ3v) is 4.77. The van der Waals surface area contributed by atoms with Crippen LogP contribution in [-0.2, 0) is 0 Å². The SMILES string of the molecule is C=C(CC)C[C@H]1C=C(N)CC(CC)C(N(C)C)C1C. The molecule has 110 valence electrons. The molecular formula is C17H32N2. The molecule has 0 aliphatic heterocycles. The van der Waals surface area contributed by atoms with Crippen molar-refractivity contribution in [1.29, 1.82) is 0 Å². The van der Waals surface area contributed by atoms with Crippen LogP contribution in [-0.4, -0.2) is 25.0 Å². The summed E-state index contributed by atoms with van der Waals surface area (Å²) in [6, 6.07) is 0.608. The van der Waals surface area contributed by atoms with E-state index in [1.54, 1.807) is 0 Å². The maximum Gasteiger partial charge on any atom is 0.0152 e.